The predicted octanol–water partition coefficient (Wildman–Crippen LogP) is 2.86. The Labute approximate surface area is 147 Å². The Morgan fingerprint density at radius 1 is 1.04 bits per heavy atom. The summed E-state index contributed by atoms with van der Waals surface area (Å²) in [6, 6.07) is 14.9. The predicted molar refractivity (Wildman–Crippen MR) is 97.5 cm³/mol. The molecule has 0 aromatic heterocycles. The Morgan fingerprint density at radius 3 is 2.40 bits per heavy atom. The van der Waals surface area contributed by atoms with Crippen LogP contribution in [-0.2, 0) is 17.8 Å². The molecule has 132 valence electrons. The van der Waals surface area contributed by atoms with Gasteiger partial charge in [0.05, 0.1) is 7.11 Å². The minimum atomic E-state index is -0.507. The van der Waals surface area contributed by atoms with E-state index in [9.17, 15) is 9.59 Å². The molecule has 25 heavy (non-hydrogen) atoms. The first-order chi connectivity index (χ1) is 12.0. The topological polar surface area (TPSA) is 70.7 Å². The monoisotopic (exact) mass is 341 g/mol. The van der Waals surface area contributed by atoms with Crippen molar-refractivity contribution in [3.63, 3.8) is 0 Å². The van der Waals surface area contributed by atoms with Gasteiger partial charge in [0.1, 0.15) is 0 Å². The average molecular weight is 341 g/mol. The number of ether oxygens (including phenoxy) is 1. The van der Waals surface area contributed by atoms with Gasteiger partial charge >= 0.3 is 6.09 Å². The molecule has 0 aliphatic rings. The van der Waals surface area contributed by atoms with Gasteiger partial charge in [0.25, 0.3) is 5.91 Å². The third kappa shape index (κ3) is 5.93. The van der Waals surface area contributed by atoms with E-state index in [1.807, 2.05) is 44.4 Å². The van der Waals surface area contributed by atoms with Gasteiger partial charge in [-0.1, -0.05) is 24.3 Å². The summed E-state index contributed by atoms with van der Waals surface area (Å²) >= 11 is 0. The minimum absolute atomic E-state index is 0.194. The van der Waals surface area contributed by atoms with Gasteiger partial charge < -0.3 is 20.3 Å². The van der Waals surface area contributed by atoms with E-state index in [-0.39, 0.29) is 5.91 Å². The molecular formula is C19H23N3O3. The van der Waals surface area contributed by atoms with Crippen LogP contribution >= 0.6 is 0 Å². The molecule has 0 unspecified atom stereocenters. The number of alkyl carbamates (subject to hydrolysis) is 1. The van der Waals surface area contributed by atoms with Gasteiger partial charge in [-0.05, 0) is 49.5 Å². The fourth-order valence-corrected chi connectivity index (χ4v) is 2.33. The lowest BCUT2D eigenvalue weighted by molar-refractivity contribution is 0.102. The number of rotatable bonds is 6. The maximum absolute atomic E-state index is 12.4. The van der Waals surface area contributed by atoms with Crippen molar-refractivity contribution in [1.29, 1.82) is 0 Å². The van der Waals surface area contributed by atoms with E-state index in [1.165, 1.54) is 12.7 Å². The molecule has 2 amide bonds. The zero-order chi connectivity index (χ0) is 18.2. The molecular weight excluding hydrogens is 318 g/mol. The van der Waals surface area contributed by atoms with Crippen molar-refractivity contribution in [1.82, 2.24) is 10.2 Å². The minimum Gasteiger partial charge on any atom is -0.453 e. The fourth-order valence-electron chi connectivity index (χ4n) is 2.33. The smallest absolute Gasteiger partial charge is 0.407 e. The first kappa shape index (κ1) is 18.5. The van der Waals surface area contributed by atoms with Crippen LogP contribution in [0.5, 0.6) is 0 Å². The van der Waals surface area contributed by atoms with Crippen LogP contribution in [0.15, 0.2) is 48.5 Å². The molecule has 0 fully saturated rings. The maximum atomic E-state index is 12.4. The van der Waals surface area contributed by atoms with Gasteiger partial charge in [-0.2, -0.15) is 0 Å². The summed E-state index contributed by atoms with van der Waals surface area (Å²) in [7, 11) is 5.33. The number of carbonyl (C=O) groups is 2. The van der Waals surface area contributed by atoms with Gasteiger partial charge in [0.15, 0.2) is 0 Å². The summed E-state index contributed by atoms with van der Waals surface area (Å²) in [6.07, 6.45) is -0.507. The van der Waals surface area contributed by atoms with Crippen molar-refractivity contribution in [2.75, 3.05) is 26.5 Å². The standard InChI is InChI=1S/C19H23N3O3/c1-22(2)13-14-7-9-17(10-8-14)21-18(23)16-6-4-5-15(11-16)12-20-19(24)25-3/h4-11H,12-13H2,1-3H3,(H,20,24)(H,21,23). The van der Waals surface area contributed by atoms with Crippen molar-refractivity contribution < 1.29 is 14.3 Å². The van der Waals surface area contributed by atoms with Gasteiger partial charge in [-0.15, -0.1) is 0 Å². The molecule has 0 saturated carbocycles. The summed E-state index contributed by atoms with van der Waals surface area (Å²) in [6.45, 7) is 1.15. The molecule has 0 aliphatic heterocycles. The van der Waals surface area contributed by atoms with Crippen LogP contribution in [0.4, 0.5) is 10.5 Å². The third-order valence-corrected chi connectivity index (χ3v) is 3.52. The average Bonchev–Trinajstić information content (AvgIpc) is 2.61. The van der Waals surface area contributed by atoms with Gasteiger partial charge in [0.2, 0.25) is 0 Å². The van der Waals surface area contributed by atoms with Crippen LogP contribution in [0, 0.1) is 0 Å². The molecule has 0 bridgehead atoms. The van der Waals surface area contributed by atoms with E-state index in [4.69, 9.17) is 0 Å². The summed E-state index contributed by atoms with van der Waals surface area (Å²) in [5, 5.41) is 5.47. The number of hydrogen-bond acceptors (Lipinski definition) is 4. The number of methoxy groups -OCH3 is 1. The summed E-state index contributed by atoms with van der Waals surface area (Å²) in [5.74, 6) is -0.194. The Hall–Kier alpha value is -2.86. The maximum Gasteiger partial charge on any atom is 0.407 e. The SMILES string of the molecule is COC(=O)NCc1cccc(C(=O)Nc2ccc(CN(C)C)cc2)c1. The van der Waals surface area contributed by atoms with E-state index < -0.39 is 6.09 Å². The van der Waals surface area contributed by atoms with Crippen LogP contribution in [0.3, 0.4) is 0 Å². The van der Waals surface area contributed by atoms with E-state index >= 15 is 0 Å². The normalized spacial score (nSPS) is 10.4. The number of nitrogens with zero attached hydrogens (tertiary/aromatic N) is 1. The van der Waals surface area contributed by atoms with Crippen LogP contribution in [0.1, 0.15) is 21.5 Å². The number of amides is 2. The number of anilines is 1. The first-order valence-corrected chi connectivity index (χ1v) is 7.93. The summed E-state index contributed by atoms with van der Waals surface area (Å²) < 4.78 is 4.53. The molecule has 0 saturated heterocycles. The molecule has 2 N–H and O–H groups in total. The molecule has 0 aliphatic carbocycles. The van der Waals surface area contributed by atoms with Crippen LogP contribution in [0.25, 0.3) is 0 Å². The number of nitrogens with one attached hydrogen (secondary N) is 2. The second-order valence-electron chi connectivity index (χ2n) is 5.93. The highest BCUT2D eigenvalue weighted by atomic mass is 16.5. The first-order valence-electron chi connectivity index (χ1n) is 7.93. The quantitative estimate of drug-likeness (QED) is 0.848. The lowest BCUT2D eigenvalue weighted by atomic mass is 10.1. The molecule has 2 aromatic carbocycles. The molecule has 0 atom stereocenters. The molecule has 0 radical (unpaired) electrons. The van der Waals surface area contributed by atoms with Crippen molar-refractivity contribution in [2.24, 2.45) is 0 Å². The zero-order valence-corrected chi connectivity index (χ0v) is 14.7. The van der Waals surface area contributed by atoms with Crippen LogP contribution in [-0.4, -0.2) is 38.1 Å². The number of hydrogen-bond donors (Lipinski definition) is 2. The lowest BCUT2D eigenvalue weighted by Crippen LogP contribution is -2.22. The van der Waals surface area contributed by atoms with Gasteiger partial charge in [-0.25, -0.2) is 4.79 Å². The van der Waals surface area contributed by atoms with Crippen molar-refractivity contribution >= 4 is 17.7 Å². The van der Waals surface area contributed by atoms with E-state index in [2.05, 4.69) is 20.3 Å². The van der Waals surface area contributed by atoms with E-state index in [1.54, 1.807) is 18.2 Å². The van der Waals surface area contributed by atoms with Gasteiger partial charge in [-0.3, -0.25) is 4.79 Å². The van der Waals surface area contributed by atoms with E-state index in [0.717, 1.165) is 17.8 Å². The highest BCUT2D eigenvalue weighted by Gasteiger charge is 2.08. The van der Waals surface area contributed by atoms with Crippen LogP contribution < -0.4 is 10.6 Å². The highest BCUT2D eigenvalue weighted by molar-refractivity contribution is 6.04. The Bertz CT molecular complexity index is 727. The van der Waals surface area contributed by atoms with Gasteiger partial charge in [0, 0.05) is 24.3 Å². The van der Waals surface area contributed by atoms with Crippen LogP contribution in [0.2, 0.25) is 0 Å². The Balaban J connectivity index is 1.99. The molecule has 0 heterocycles. The van der Waals surface area contributed by atoms with Crippen molar-refractivity contribution in [3.8, 4) is 0 Å². The summed E-state index contributed by atoms with van der Waals surface area (Å²) in [4.78, 5) is 25.6. The zero-order valence-electron chi connectivity index (χ0n) is 14.7. The summed E-state index contributed by atoms with van der Waals surface area (Å²) in [5.41, 5.74) is 3.27. The van der Waals surface area contributed by atoms with Crippen molar-refractivity contribution in [3.05, 3.63) is 65.2 Å². The Kier molecular flexibility index (Phi) is 6.54. The molecule has 6 nitrogen and oxygen atoms in total. The second-order valence-corrected chi connectivity index (χ2v) is 5.93. The highest BCUT2D eigenvalue weighted by Crippen LogP contribution is 2.13. The Morgan fingerprint density at radius 2 is 1.76 bits per heavy atom. The van der Waals surface area contributed by atoms with Crippen molar-refractivity contribution in [2.45, 2.75) is 13.1 Å². The molecule has 2 rings (SSSR count). The fraction of sp³-hybridized carbons (Fsp3) is 0.263. The third-order valence-electron chi connectivity index (χ3n) is 3.52. The molecule has 0 spiro atoms. The lowest BCUT2D eigenvalue weighted by Gasteiger charge is -2.11. The number of carbonyl (C=O) groups excluding carboxylic acids is 2. The largest absolute Gasteiger partial charge is 0.453 e. The van der Waals surface area contributed by atoms with E-state index in [0.29, 0.717) is 12.1 Å². The number of benzene rings is 2. The second kappa shape index (κ2) is 8.84. The molecule has 2 aromatic rings. The molecule has 6 heteroatoms.